The first-order valence-corrected chi connectivity index (χ1v) is 4.78. The third kappa shape index (κ3) is 3.93. The predicted molar refractivity (Wildman–Crippen MR) is 60.6 cm³/mol. The molecule has 0 saturated heterocycles. The molecule has 1 nitrogen and oxygen atoms in total. The number of halogens is 4. The normalized spacial score (nSPS) is 12.1. The van der Waals surface area contributed by atoms with E-state index in [1.807, 2.05) is 6.92 Å². The number of hydrogen-bond donors (Lipinski definition) is 1. The standard InChI is InChI=1S/C10H12ClF2N.ClH/c1-6(14)2-3-7-4-5-8(11)10(13)9(7)12;/h4-6H,2-3,14H2,1H3;1H. The Bertz CT molecular complexity index is 329. The topological polar surface area (TPSA) is 26.0 Å². The van der Waals surface area contributed by atoms with Crippen LogP contribution < -0.4 is 5.73 Å². The van der Waals surface area contributed by atoms with Crippen molar-refractivity contribution in [3.05, 3.63) is 34.4 Å². The summed E-state index contributed by atoms with van der Waals surface area (Å²) < 4.78 is 26.2. The average Bonchev–Trinajstić information content (AvgIpc) is 2.13. The average molecular weight is 256 g/mol. The summed E-state index contributed by atoms with van der Waals surface area (Å²) in [5.74, 6) is -1.84. The van der Waals surface area contributed by atoms with Crippen LogP contribution in [0.15, 0.2) is 12.1 Å². The first kappa shape index (κ1) is 14.6. The predicted octanol–water partition coefficient (Wildman–Crippen LogP) is 3.32. The van der Waals surface area contributed by atoms with E-state index in [9.17, 15) is 8.78 Å². The maximum absolute atomic E-state index is 13.2. The van der Waals surface area contributed by atoms with Crippen molar-refractivity contribution in [3.63, 3.8) is 0 Å². The van der Waals surface area contributed by atoms with Crippen LogP contribution in [0.4, 0.5) is 8.78 Å². The number of rotatable bonds is 3. The Kier molecular flexibility index (Phi) is 6.10. The minimum Gasteiger partial charge on any atom is -0.328 e. The molecule has 0 radical (unpaired) electrons. The second kappa shape index (κ2) is 6.26. The van der Waals surface area contributed by atoms with Crippen LogP contribution in [0.2, 0.25) is 5.02 Å². The Balaban J connectivity index is 0.00000196. The summed E-state index contributed by atoms with van der Waals surface area (Å²) in [7, 11) is 0. The zero-order chi connectivity index (χ0) is 10.7. The van der Waals surface area contributed by atoms with Gasteiger partial charge in [0.15, 0.2) is 11.6 Å². The first-order chi connectivity index (χ1) is 6.52. The minimum absolute atomic E-state index is 0. The van der Waals surface area contributed by atoms with E-state index in [1.54, 1.807) is 0 Å². The van der Waals surface area contributed by atoms with E-state index in [-0.39, 0.29) is 23.5 Å². The number of nitrogens with two attached hydrogens (primary N) is 1. The highest BCUT2D eigenvalue weighted by atomic mass is 35.5. The van der Waals surface area contributed by atoms with Gasteiger partial charge in [0.25, 0.3) is 0 Å². The Morgan fingerprint density at radius 1 is 1.33 bits per heavy atom. The van der Waals surface area contributed by atoms with E-state index in [2.05, 4.69) is 0 Å². The zero-order valence-electron chi connectivity index (χ0n) is 8.27. The molecule has 1 unspecified atom stereocenters. The molecular weight excluding hydrogens is 243 g/mol. The smallest absolute Gasteiger partial charge is 0.177 e. The number of aryl methyl sites for hydroxylation is 1. The van der Waals surface area contributed by atoms with Gasteiger partial charge >= 0.3 is 0 Å². The van der Waals surface area contributed by atoms with Gasteiger partial charge in [-0.1, -0.05) is 17.7 Å². The van der Waals surface area contributed by atoms with Crippen LogP contribution in [0.25, 0.3) is 0 Å². The molecule has 2 N–H and O–H groups in total. The lowest BCUT2D eigenvalue weighted by atomic mass is 10.1. The lowest BCUT2D eigenvalue weighted by molar-refractivity contribution is 0.495. The second-order valence-electron chi connectivity index (χ2n) is 3.35. The molecule has 1 aromatic rings. The highest BCUT2D eigenvalue weighted by molar-refractivity contribution is 6.30. The van der Waals surface area contributed by atoms with Crippen LogP contribution in [-0.4, -0.2) is 6.04 Å². The summed E-state index contributed by atoms with van der Waals surface area (Å²) in [6.07, 6.45) is 1.05. The molecule has 0 aliphatic rings. The van der Waals surface area contributed by atoms with Crippen molar-refractivity contribution in [2.24, 2.45) is 5.73 Å². The highest BCUT2D eigenvalue weighted by Crippen LogP contribution is 2.21. The fourth-order valence-electron chi connectivity index (χ4n) is 1.14. The summed E-state index contributed by atoms with van der Waals surface area (Å²) in [5.41, 5.74) is 5.84. The molecule has 1 atom stereocenters. The Hall–Kier alpha value is -0.380. The van der Waals surface area contributed by atoms with Gasteiger partial charge in [-0.05, 0) is 31.4 Å². The van der Waals surface area contributed by atoms with Gasteiger partial charge < -0.3 is 5.73 Å². The number of hydrogen-bond acceptors (Lipinski definition) is 1. The number of benzene rings is 1. The maximum Gasteiger partial charge on any atom is 0.177 e. The van der Waals surface area contributed by atoms with Crippen LogP contribution in [0.3, 0.4) is 0 Å². The summed E-state index contributed by atoms with van der Waals surface area (Å²) >= 11 is 5.41. The Morgan fingerprint density at radius 2 is 1.93 bits per heavy atom. The molecule has 0 heterocycles. The lowest BCUT2D eigenvalue weighted by Gasteiger charge is -2.07. The van der Waals surface area contributed by atoms with Gasteiger partial charge in [0.05, 0.1) is 5.02 Å². The summed E-state index contributed by atoms with van der Waals surface area (Å²) in [6.45, 7) is 1.82. The SMILES string of the molecule is CC(N)CCc1ccc(Cl)c(F)c1F.Cl. The summed E-state index contributed by atoms with van der Waals surface area (Å²) in [4.78, 5) is 0. The van der Waals surface area contributed by atoms with E-state index < -0.39 is 11.6 Å². The van der Waals surface area contributed by atoms with Crippen LogP contribution >= 0.6 is 24.0 Å². The van der Waals surface area contributed by atoms with Crippen LogP contribution in [0.1, 0.15) is 18.9 Å². The van der Waals surface area contributed by atoms with E-state index in [4.69, 9.17) is 17.3 Å². The van der Waals surface area contributed by atoms with E-state index in [0.717, 1.165) is 0 Å². The largest absolute Gasteiger partial charge is 0.328 e. The van der Waals surface area contributed by atoms with Crippen molar-refractivity contribution in [2.45, 2.75) is 25.8 Å². The molecule has 86 valence electrons. The zero-order valence-corrected chi connectivity index (χ0v) is 9.84. The minimum atomic E-state index is -0.978. The maximum atomic E-state index is 13.2. The van der Waals surface area contributed by atoms with Gasteiger partial charge in [0, 0.05) is 6.04 Å². The van der Waals surface area contributed by atoms with Crippen molar-refractivity contribution in [3.8, 4) is 0 Å². The molecule has 1 aromatic carbocycles. The van der Waals surface area contributed by atoms with Crippen molar-refractivity contribution in [1.82, 2.24) is 0 Å². The van der Waals surface area contributed by atoms with E-state index in [0.29, 0.717) is 18.4 Å². The third-order valence-electron chi connectivity index (χ3n) is 1.98. The fraction of sp³-hybridized carbons (Fsp3) is 0.400. The molecule has 1 rings (SSSR count). The van der Waals surface area contributed by atoms with Crippen LogP contribution in [0.5, 0.6) is 0 Å². The van der Waals surface area contributed by atoms with Gasteiger partial charge in [0.2, 0.25) is 0 Å². The molecule has 0 fully saturated rings. The fourth-order valence-corrected chi connectivity index (χ4v) is 1.29. The molecule has 5 heteroatoms. The molecule has 0 aliphatic heterocycles. The van der Waals surface area contributed by atoms with E-state index >= 15 is 0 Å². The molecule has 0 bridgehead atoms. The summed E-state index contributed by atoms with van der Waals surface area (Å²) in [6, 6.07) is 2.83. The van der Waals surface area contributed by atoms with Crippen molar-refractivity contribution >= 4 is 24.0 Å². The molecule has 0 aliphatic carbocycles. The quantitative estimate of drug-likeness (QED) is 0.825. The van der Waals surface area contributed by atoms with Crippen molar-refractivity contribution in [1.29, 1.82) is 0 Å². The van der Waals surface area contributed by atoms with E-state index in [1.165, 1.54) is 12.1 Å². The Labute approximate surface area is 99.0 Å². The highest BCUT2D eigenvalue weighted by Gasteiger charge is 2.11. The molecule has 15 heavy (non-hydrogen) atoms. The van der Waals surface area contributed by atoms with Crippen molar-refractivity contribution < 1.29 is 8.78 Å². The molecule has 0 amide bonds. The third-order valence-corrected chi connectivity index (χ3v) is 2.28. The van der Waals surface area contributed by atoms with Gasteiger partial charge in [-0.2, -0.15) is 0 Å². The molecule has 0 spiro atoms. The van der Waals surface area contributed by atoms with Gasteiger partial charge in [-0.15, -0.1) is 12.4 Å². The van der Waals surface area contributed by atoms with Crippen LogP contribution in [0, 0.1) is 11.6 Å². The lowest BCUT2D eigenvalue weighted by Crippen LogP contribution is -2.15. The van der Waals surface area contributed by atoms with Gasteiger partial charge in [-0.25, -0.2) is 8.78 Å². The molecular formula is C10H13Cl2F2N. The summed E-state index contributed by atoms with van der Waals surface area (Å²) in [5, 5.41) is -0.188. The molecule has 0 aromatic heterocycles. The monoisotopic (exact) mass is 255 g/mol. The second-order valence-corrected chi connectivity index (χ2v) is 3.76. The van der Waals surface area contributed by atoms with Gasteiger partial charge in [-0.3, -0.25) is 0 Å². The van der Waals surface area contributed by atoms with Crippen molar-refractivity contribution in [2.75, 3.05) is 0 Å². The van der Waals surface area contributed by atoms with Crippen LogP contribution in [-0.2, 0) is 6.42 Å². The Morgan fingerprint density at radius 3 is 2.47 bits per heavy atom. The first-order valence-electron chi connectivity index (χ1n) is 4.40. The van der Waals surface area contributed by atoms with Gasteiger partial charge in [0.1, 0.15) is 0 Å². The molecule has 0 saturated carbocycles.